The van der Waals surface area contributed by atoms with Gasteiger partial charge >= 0.3 is 0 Å². The van der Waals surface area contributed by atoms with Gasteiger partial charge in [-0.3, -0.25) is 4.99 Å². The molecule has 0 amide bonds. The van der Waals surface area contributed by atoms with E-state index >= 15 is 0 Å². The van der Waals surface area contributed by atoms with Crippen LogP contribution in [0, 0.1) is 0 Å². The van der Waals surface area contributed by atoms with E-state index in [9.17, 15) is 0 Å². The molecule has 0 saturated carbocycles. The lowest BCUT2D eigenvalue weighted by Crippen LogP contribution is -2.36. The van der Waals surface area contributed by atoms with Crippen molar-refractivity contribution in [1.82, 2.24) is 15.6 Å². The van der Waals surface area contributed by atoms with Gasteiger partial charge in [0.15, 0.2) is 5.96 Å². The van der Waals surface area contributed by atoms with Crippen LogP contribution < -0.4 is 15.5 Å². The van der Waals surface area contributed by atoms with Crippen LogP contribution in [-0.2, 0) is 24.9 Å². The average Bonchev–Trinajstić information content (AvgIpc) is 3.11. The summed E-state index contributed by atoms with van der Waals surface area (Å²) in [4.78, 5) is 11.0. The fraction of sp³-hybridized carbons (Fsp3) is 0.524. The number of aliphatic imine (C=N–C) groups is 1. The molecule has 0 bridgehead atoms. The van der Waals surface area contributed by atoms with Gasteiger partial charge in [0.25, 0.3) is 0 Å². The lowest BCUT2D eigenvalue weighted by Gasteiger charge is -2.28. The van der Waals surface area contributed by atoms with Crippen molar-refractivity contribution in [2.45, 2.75) is 52.1 Å². The van der Waals surface area contributed by atoms with Gasteiger partial charge in [-0.2, -0.15) is 0 Å². The highest BCUT2D eigenvalue weighted by atomic mass is 127. The van der Waals surface area contributed by atoms with E-state index in [-0.39, 0.29) is 29.4 Å². The van der Waals surface area contributed by atoms with Crippen LogP contribution in [0.5, 0.6) is 0 Å². The Labute approximate surface area is 185 Å². The fourth-order valence-electron chi connectivity index (χ4n) is 3.25. The molecule has 1 aromatic carbocycles. The predicted molar refractivity (Wildman–Crippen MR) is 126 cm³/mol. The molecule has 0 radical (unpaired) electrons. The number of halogens is 1. The first-order chi connectivity index (χ1) is 12.9. The molecule has 0 aliphatic carbocycles. The first kappa shape index (κ1) is 22.5. The molecule has 1 aromatic heterocycles. The zero-order chi connectivity index (χ0) is 19.4. The second-order valence-electron chi connectivity index (χ2n) is 8.14. The van der Waals surface area contributed by atoms with Gasteiger partial charge in [0.2, 0.25) is 5.89 Å². The largest absolute Gasteiger partial charge is 0.443 e. The van der Waals surface area contributed by atoms with Crippen molar-refractivity contribution < 1.29 is 4.42 Å². The molecule has 154 valence electrons. The second-order valence-corrected chi connectivity index (χ2v) is 8.14. The molecule has 2 heterocycles. The SMILES string of the molecule is CN=C(NCc1ccc2c(c1)CCCN2C)NCc1ncc(C(C)(C)C)o1.I. The molecular weight excluding hydrogens is 465 g/mol. The van der Waals surface area contributed by atoms with Crippen LogP contribution in [0.3, 0.4) is 0 Å². The number of rotatable bonds is 4. The third kappa shape index (κ3) is 5.62. The van der Waals surface area contributed by atoms with Crippen LogP contribution in [-0.4, -0.2) is 31.6 Å². The molecule has 2 aromatic rings. The number of aromatic nitrogens is 1. The summed E-state index contributed by atoms with van der Waals surface area (Å²) in [5, 5.41) is 6.63. The van der Waals surface area contributed by atoms with E-state index < -0.39 is 0 Å². The maximum Gasteiger partial charge on any atom is 0.213 e. The number of hydrogen-bond acceptors (Lipinski definition) is 4. The quantitative estimate of drug-likeness (QED) is 0.382. The third-order valence-corrected chi connectivity index (χ3v) is 4.88. The first-order valence-corrected chi connectivity index (χ1v) is 9.59. The molecule has 0 spiro atoms. The first-order valence-electron chi connectivity index (χ1n) is 9.59. The molecule has 0 fully saturated rings. The Balaban J connectivity index is 0.00000280. The van der Waals surface area contributed by atoms with Crippen LogP contribution >= 0.6 is 24.0 Å². The van der Waals surface area contributed by atoms with Gasteiger partial charge in [-0.05, 0) is 30.0 Å². The summed E-state index contributed by atoms with van der Waals surface area (Å²) < 4.78 is 5.82. The van der Waals surface area contributed by atoms with Gasteiger partial charge in [0, 0.05) is 38.3 Å². The minimum atomic E-state index is -0.0360. The van der Waals surface area contributed by atoms with Crippen LogP contribution in [0.4, 0.5) is 5.69 Å². The lowest BCUT2D eigenvalue weighted by atomic mass is 9.94. The van der Waals surface area contributed by atoms with E-state index in [1.807, 2.05) is 0 Å². The lowest BCUT2D eigenvalue weighted by molar-refractivity contribution is 0.379. The third-order valence-electron chi connectivity index (χ3n) is 4.88. The topological polar surface area (TPSA) is 65.7 Å². The number of nitrogens with zero attached hydrogens (tertiary/aromatic N) is 3. The van der Waals surface area contributed by atoms with E-state index in [2.05, 4.69) is 71.5 Å². The number of aryl methyl sites for hydroxylation is 1. The molecule has 0 unspecified atom stereocenters. The van der Waals surface area contributed by atoms with Crippen molar-refractivity contribution in [2.75, 3.05) is 25.5 Å². The van der Waals surface area contributed by atoms with Crippen molar-refractivity contribution in [2.24, 2.45) is 4.99 Å². The monoisotopic (exact) mass is 497 g/mol. The summed E-state index contributed by atoms with van der Waals surface area (Å²) in [5.41, 5.74) is 4.01. The summed E-state index contributed by atoms with van der Waals surface area (Å²) >= 11 is 0. The van der Waals surface area contributed by atoms with Crippen LogP contribution in [0.15, 0.2) is 33.8 Å². The van der Waals surface area contributed by atoms with Gasteiger partial charge in [0.05, 0.1) is 12.7 Å². The van der Waals surface area contributed by atoms with Crippen LogP contribution in [0.25, 0.3) is 0 Å². The molecule has 2 N–H and O–H groups in total. The summed E-state index contributed by atoms with van der Waals surface area (Å²) in [6.07, 6.45) is 4.18. The fourth-order valence-corrected chi connectivity index (χ4v) is 3.25. The Bertz CT molecular complexity index is 809. The van der Waals surface area contributed by atoms with Crippen molar-refractivity contribution in [3.05, 3.63) is 47.2 Å². The minimum absolute atomic E-state index is 0. The second kappa shape index (κ2) is 9.62. The maximum atomic E-state index is 5.82. The van der Waals surface area contributed by atoms with Gasteiger partial charge < -0.3 is 20.0 Å². The molecule has 1 aliphatic rings. The number of hydrogen-bond donors (Lipinski definition) is 2. The Hall–Kier alpha value is -1.77. The molecule has 28 heavy (non-hydrogen) atoms. The molecule has 3 rings (SSSR count). The normalized spacial score (nSPS) is 14.3. The van der Waals surface area contributed by atoms with Gasteiger partial charge in [-0.25, -0.2) is 4.98 Å². The van der Waals surface area contributed by atoms with E-state index in [1.165, 1.54) is 23.2 Å². The molecule has 0 saturated heterocycles. The molecule has 6 nitrogen and oxygen atoms in total. The highest BCUT2D eigenvalue weighted by Gasteiger charge is 2.19. The average molecular weight is 497 g/mol. The van der Waals surface area contributed by atoms with E-state index in [4.69, 9.17) is 4.42 Å². The molecule has 1 aliphatic heterocycles. The van der Waals surface area contributed by atoms with Crippen molar-refractivity contribution in [1.29, 1.82) is 0 Å². The van der Waals surface area contributed by atoms with Gasteiger partial charge in [-0.15, -0.1) is 24.0 Å². The zero-order valence-corrected chi connectivity index (χ0v) is 19.8. The van der Waals surface area contributed by atoms with Crippen molar-refractivity contribution >= 4 is 35.6 Å². The summed E-state index contributed by atoms with van der Waals surface area (Å²) in [5.74, 6) is 2.29. The molecule has 7 heteroatoms. The van der Waals surface area contributed by atoms with E-state index in [0.29, 0.717) is 12.4 Å². The Morgan fingerprint density at radius 1 is 1.25 bits per heavy atom. The van der Waals surface area contributed by atoms with Crippen LogP contribution in [0.1, 0.15) is 50.0 Å². The summed E-state index contributed by atoms with van der Waals surface area (Å²) in [6.45, 7) is 8.71. The Morgan fingerprint density at radius 3 is 2.68 bits per heavy atom. The van der Waals surface area contributed by atoms with E-state index in [1.54, 1.807) is 13.2 Å². The van der Waals surface area contributed by atoms with Gasteiger partial charge in [0.1, 0.15) is 5.76 Å². The van der Waals surface area contributed by atoms with Crippen molar-refractivity contribution in [3.8, 4) is 0 Å². The van der Waals surface area contributed by atoms with Gasteiger partial charge in [-0.1, -0.05) is 32.9 Å². The smallest absolute Gasteiger partial charge is 0.213 e. The van der Waals surface area contributed by atoms with Crippen molar-refractivity contribution in [3.63, 3.8) is 0 Å². The predicted octanol–water partition coefficient (Wildman–Crippen LogP) is 3.84. The number of fused-ring (bicyclic) bond motifs is 1. The molecule has 0 atom stereocenters. The number of nitrogens with one attached hydrogen (secondary N) is 2. The Kier molecular flexibility index (Phi) is 7.74. The van der Waals surface area contributed by atoms with Crippen LogP contribution in [0.2, 0.25) is 0 Å². The minimum Gasteiger partial charge on any atom is -0.443 e. The molecular formula is C21H32IN5O. The maximum absolute atomic E-state index is 5.82. The summed E-state index contributed by atoms with van der Waals surface area (Å²) in [6, 6.07) is 6.71. The highest BCUT2D eigenvalue weighted by molar-refractivity contribution is 14.0. The van der Waals surface area contributed by atoms with E-state index in [0.717, 1.165) is 31.2 Å². The highest BCUT2D eigenvalue weighted by Crippen LogP contribution is 2.26. The number of benzene rings is 1. The Morgan fingerprint density at radius 2 is 2.00 bits per heavy atom. The standard InChI is InChI=1S/C21H31N5O.HI/c1-21(2,3)18-13-23-19(27-18)14-25-20(22-4)24-12-15-8-9-17-16(11-15)7-6-10-26(17)5;/h8-9,11,13H,6-7,10,12,14H2,1-5H3,(H2,22,24,25);1H. The number of oxazole rings is 1. The zero-order valence-electron chi connectivity index (χ0n) is 17.5. The summed E-state index contributed by atoms with van der Waals surface area (Å²) in [7, 11) is 3.93. The number of anilines is 1. The number of guanidine groups is 1.